The molecule has 0 saturated carbocycles. The molecule has 0 radical (unpaired) electrons. The van der Waals surface area contributed by atoms with Gasteiger partial charge in [0, 0.05) is 128 Å². The third-order valence-electron chi connectivity index (χ3n) is 12.6. The normalized spacial score (nSPS) is 10.3. The van der Waals surface area contributed by atoms with Crippen molar-refractivity contribution in [1.82, 2.24) is 48.9 Å². The van der Waals surface area contributed by atoms with Gasteiger partial charge in [-0.2, -0.15) is 148 Å². The fourth-order valence-corrected chi connectivity index (χ4v) is 7.93. The van der Waals surface area contributed by atoms with Gasteiger partial charge in [0.25, 0.3) is 0 Å². The van der Waals surface area contributed by atoms with Crippen molar-refractivity contribution in [3.63, 3.8) is 0 Å². The van der Waals surface area contributed by atoms with E-state index in [1.807, 2.05) is 108 Å². The molecule has 474 valence electrons. The Bertz CT molecular complexity index is 3800. The Kier molecular flexibility index (Phi) is 31.7. The molecule has 0 aliphatic carbocycles. The first-order valence-corrected chi connectivity index (χ1v) is 25.4. The van der Waals surface area contributed by atoms with Gasteiger partial charge in [0.15, 0.2) is 0 Å². The molecule has 5 aromatic heterocycles. The number of aromatic nitrogens is 10. The molecular weight excluding hydrogens is 2040 g/mol. The first kappa shape index (κ1) is 77.0. The predicted molar refractivity (Wildman–Crippen MR) is 298 cm³/mol. The summed E-state index contributed by atoms with van der Waals surface area (Å²) in [6, 6.07) is 54.4. The van der Waals surface area contributed by atoms with E-state index >= 15 is 0 Å². The summed E-state index contributed by atoms with van der Waals surface area (Å²) < 4.78 is 107. The molecule has 24 heteroatoms. The summed E-state index contributed by atoms with van der Waals surface area (Å²) in [5, 5.41) is 20.3. The van der Waals surface area contributed by atoms with Crippen LogP contribution in [-0.2, 0) is 124 Å². The first-order chi connectivity index (χ1) is 39.2. The van der Waals surface area contributed by atoms with Crippen molar-refractivity contribution in [2.24, 2.45) is 0 Å². The quantitative estimate of drug-likeness (QED) is 0.105. The number of rotatable bonds is 9. The number of hydrogen-bond acceptors (Lipinski definition) is 7. The minimum absolute atomic E-state index is 0. The van der Waals surface area contributed by atoms with Crippen molar-refractivity contribution in [3.8, 4) is 51.3 Å². The second kappa shape index (κ2) is 35.8. The van der Waals surface area contributed by atoms with E-state index in [1.54, 1.807) is 53.3 Å². The Morgan fingerprint density at radius 1 is 0.425 bits per heavy atom. The summed E-state index contributed by atoms with van der Waals surface area (Å²) in [4.78, 5) is 0. The van der Waals surface area contributed by atoms with Crippen LogP contribution in [0.4, 0.5) is 30.7 Å². The summed E-state index contributed by atoms with van der Waals surface area (Å²) in [6.45, 7) is 14.4. The molecule has 0 N–H and O–H groups in total. The molecule has 0 fully saturated rings. The van der Waals surface area contributed by atoms with Gasteiger partial charge in [-0.1, -0.05) is 44.2 Å². The number of para-hydroxylation sites is 2. The maximum absolute atomic E-state index is 13.0. The molecular formula is C63H56F7N10O2Pt5-5. The minimum Gasteiger partial charge on any atom is -0.481 e. The second-order valence-electron chi connectivity index (χ2n) is 18.1. The Labute approximate surface area is 573 Å². The largest absolute Gasteiger partial charge is 0.481 e. The topological polar surface area (TPSA) is 108 Å². The number of methoxy groups -OCH3 is 2. The fraction of sp³-hybridized carbons (Fsp3) is 0.190. The van der Waals surface area contributed by atoms with E-state index in [9.17, 15) is 30.7 Å². The van der Waals surface area contributed by atoms with Gasteiger partial charge in [-0.25, -0.2) is 9.36 Å². The summed E-state index contributed by atoms with van der Waals surface area (Å²) in [5.74, 6) is -0.991. The van der Waals surface area contributed by atoms with Crippen molar-refractivity contribution < 1.29 is 146 Å². The number of benzene rings is 6. The van der Waals surface area contributed by atoms with Crippen LogP contribution in [0, 0.1) is 77.7 Å². The third kappa shape index (κ3) is 20.2. The number of hydrogen-bond donors (Lipinski definition) is 0. The van der Waals surface area contributed by atoms with E-state index in [0.29, 0.717) is 11.4 Å². The summed E-state index contributed by atoms with van der Waals surface area (Å²) in [5.41, 5.74) is 11.8. The first-order valence-electron chi connectivity index (χ1n) is 25.4. The molecule has 0 amide bonds. The van der Waals surface area contributed by atoms with Gasteiger partial charge in [-0.3, -0.25) is 18.4 Å². The molecule has 5 heterocycles. The smallest absolute Gasteiger partial charge is 0.423 e. The van der Waals surface area contributed by atoms with Crippen molar-refractivity contribution >= 4 is 0 Å². The SMILES string of the molecule is CCc1cnn(-c2[c-]ccc(C)c2)c1C.COc1c(C(F)(F)F)cnn1-c1[c-]ccc(-c2ccccc2)c1.COc1c(C(F)(F)F)cnn1-c1[c-]cccc1.Cc1cnn(-c2[c-]cc(F)cc2)c1C.Cc1cnn(-c2[c-]cccc2)c1C.[Pt].[Pt].[Pt].[Pt].[Pt]. The van der Waals surface area contributed by atoms with E-state index in [4.69, 9.17) is 9.47 Å². The van der Waals surface area contributed by atoms with Crippen LogP contribution < -0.4 is 9.47 Å². The molecule has 12 nitrogen and oxygen atoms in total. The van der Waals surface area contributed by atoms with Gasteiger partial charge in [0.05, 0.1) is 45.2 Å². The van der Waals surface area contributed by atoms with Crippen LogP contribution >= 0.6 is 0 Å². The molecule has 87 heavy (non-hydrogen) atoms. The van der Waals surface area contributed by atoms with Crippen LogP contribution in [0.15, 0.2) is 164 Å². The van der Waals surface area contributed by atoms with Crippen LogP contribution in [0.1, 0.15) is 57.4 Å². The van der Waals surface area contributed by atoms with Crippen molar-refractivity contribution in [2.45, 2.75) is 67.2 Å². The zero-order valence-corrected chi connectivity index (χ0v) is 59.2. The Balaban J connectivity index is 0.000000371. The van der Waals surface area contributed by atoms with E-state index in [1.165, 1.54) is 54.4 Å². The monoisotopic (exact) mass is 2090 g/mol. The number of nitrogens with zero attached hydrogens (tertiary/aromatic N) is 10. The Hall–Kier alpha value is -6.08. The zero-order valence-electron chi connectivity index (χ0n) is 47.8. The Morgan fingerprint density at radius 3 is 1.26 bits per heavy atom. The summed E-state index contributed by atoms with van der Waals surface area (Å²) in [7, 11) is 2.36. The molecule has 0 aliphatic rings. The van der Waals surface area contributed by atoms with E-state index < -0.39 is 23.5 Å². The molecule has 0 bridgehead atoms. The van der Waals surface area contributed by atoms with Crippen molar-refractivity contribution in [2.75, 3.05) is 14.2 Å². The van der Waals surface area contributed by atoms with Gasteiger partial charge in [0.1, 0.15) is 11.1 Å². The molecule has 0 unspecified atom stereocenters. The maximum Gasteiger partial charge on any atom is 0.423 e. The predicted octanol–water partition coefficient (Wildman–Crippen LogP) is 14.6. The average Bonchev–Trinajstić information content (AvgIpc) is 4.52. The summed E-state index contributed by atoms with van der Waals surface area (Å²) >= 11 is 0. The Morgan fingerprint density at radius 2 is 0.851 bits per heavy atom. The maximum atomic E-state index is 13.0. The van der Waals surface area contributed by atoms with Gasteiger partial charge in [-0.05, 0) is 91.7 Å². The average molecular weight is 2090 g/mol. The summed E-state index contributed by atoms with van der Waals surface area (Å²) in [6.07, 6.45) is -0.910. The third-order valence-corrected chi connectivity index (χ3v) is 12.6. The molecule has 0 aliphatic heterocycles. The fourth-order valence-electron chi connectivity index (χ4n) is 7.93. The number of alkyl halides is 6. The van der Waals surface area contributed by atoms with Crippen molar-refractivity contribution in [3.05, 3.63) is 251 Å². The van der Waals surface area contributed by atoms with Crippen molar-refractivity contribution in [1.29, 1.82) is 0 Å². The molecule has 11 aromatic rings. The minimum atomic E-state index is -4.53. The van der Waals surface area contributed by atoms with Crippen LogP contribution in [0.2, 0.25) is 0 Å². The van der Waals surface area contributed by atoms with Crippen LogP contribution in [0.25, 0.3) is 39.6 Å². The molecule has 0 spiro atoms. The van der Waals surface area contributed by atoms with Gasteiger partial charge >= 0.3 is 12.4 Å². The number of halogens is 7. The van der Waals surface area contributed by atoms with Gasteiger partial charge in [-0.15, -0.1) is 48.0 Å². The molecule has 6 aromatic carbocycles. The van der Waals surface area contributed by atoms with E-state index in [0.717, 1.165) is 67.6 Å². The zero-order chi connectivity index (χ0) is 59.1. The molecule has 0 atom stereocenters. The standard InChI is InChI=1S/C17H12F3N2O.C13H15N2.C11H8F3N2O.C11H10FN2.C11H11N2.5Pt/c1-23-16-15(17(18,19)20)11-21-22(16)14-9-5-8-13(10-14)12-6-3-2-4-7-12;1-4-12-9-14-15(11(12)3)13-7-5-6-10(2)8-13;1-17-10-9(11(12,13)14)7-15-16(10)8-5-3-2-4-6-8;1-8-7-13-14(9(8)2)11-5-3-10(12)4-6-11;1-9-8-12-13(10(9)2)11-6-4-3-5-7-11;;;;;/h2-8,10-11H,1H3;5-6,8-9H,4H2,1-3H3;2-5,7H,1H3;3-5,7H,1-2H3;3-6,8H,1-2H3;;;;;/q5*-1;;;;;. The van der Waals surface area contributed by atoms with Gasteiger partial charge in [0.2, 0.25) is 11.8 Å². The number of ether oxygens (including phenoxy) is 2. The molecule has 0 saturated heterocycles. The number of aryl methyl sites for hydroxylation is 4. The van der Waals surface area contributed by atoms with Gasteiger partial charge < -0.3 is 9.47 Å². The second-order valence-corrected chi connectivity index (χ2v) is 18.1. The van der Waals surface area contributed by atoms with E-state index in [2.05, 4.69) is 96.5 Å². The van der Waals surface area contributed by atoms with Crippen LogP contribution in [0.3, 0.4) is 0 Å². The molecule has 11 rings (SSSR count). The van der Waals surface area contributed by atoms with Crippen LogP contribution in [-0.4, -0.2) is 63.1 Å². The van der Waals surface area contributed by atoms with E-state index in [-0.39, 0.29) is 123 Å². The van der Waals surface area contributed by atoms with Crippen LogP contribution in [0.5, 0.6) is 11.8 Å².